The Kier molecular flexibility index (Phi) is 4.94. The third-order valence-electron chi connectivity index (χ3n) is 5.00. The van der Waals surface area contributed by atoms with Crippen LogP contribution in [0.1, 0.15) is 25.0 Å². The summed E-state index contributed by atoms with van der Waals surface area (Å²) in [6, 6.07) is 3.99. The summed E-state index contributed by atoms with van der Waals surface area (Å²) in [5.74, 6) is 3.09. The summed E-state index contributed by atoms with van der Waals surface area (Å²) in [6.07, 6.45) is 12.8. The van der Waals surface area contributed by atoms with E-state index in [9.17, 15) is 4.79 Å². The lowest BCUT2D eigenvalue weighted by molar-refractivity contribution is -0.131. The van der Waals surface area contributed by atoms with Gasteiger partial charge in [-0.25, -0.2) is 15.0 Å². The van der Waals surface area contributed by atoms with Gasteiger partial charge in [-0.1, -0.05) is 5.92 Å². The second kappa shape index (κ2) is 7.69. The fourth-order valence-corrected chi connectivity index (χ4v) is 3.64. The molecule has 1 amide bonds. The smallest absolute Gasteiger partial charge is 0.234 e. The number of hydrogen-bond acceptors (Lipinski definition) is 5. The first-order valence-corrected chi connectivity index (χ1v) is 9.39. The van der Waals surface area contributed by atoms with Gasteiger partial charge >= 0.3 is 0 Å². The number of terminal acetylenes is 1. The molecule has 0 saturated carbocycles. The van der Waals surface area contributed by atoms with Crippen molar-refractivity contribution in [3.8, 4) is 23.7 Å². The van der Waals surface area contributed by atoms with E-state index >= 15 is 0 Å². The van der Waals surface area contributed by atoms with E-state index < -0.39 is 0 Å². The van der Waals surface area contributed by atoms with Gasteiger partial charge in [-0.2, -0.15) is 0 Å². The third kappa shape index (κ3) is 3.54. The second-order valence-electron chi connectivity index (χ2n) is 7.01. The number of rotatable bonds is 4. The fraction of sp³-hybridized carbons (Fsp3) is 0.333. The molecule has 4 heterocycles. The van der Waals surface area contributed by atoms with Gasteiger partial charge in [0.05, 0.1) is 17.7 Å². The van der Waals surface area contributed by atoms with E-state index in [1.807, 2.05) is 30.2 Å². The average molecular weight is 374 g/mol. The van der Waals surface area contributed by atoms with E-state index in [1.54, 1.807) is 12.4 Å². The van der Waals surface area contributed by atoms with Gasteiger partial charge < -0.3 is 15.2 Å². The zero-order valence-electron chi connectivity index (χ0n) is 15.8. The van der Waals surface area contributed by atoms with Gasteiger partial charge in [0.25, 0.3) is 0 Å². The molecule has 7 heteroatoms. The minimum atomic E-state index is 0.0118. The van der Waals surface area contributed by atoms with Crippen molar-refractivity contribution in [3.63, 3.8) is 0 Å². The molecule has 0 bridgehead atoms. The number of amides is 1. The maximum absolute atomic E-state index is 12.2. The van der Waals surface area contributed by atoms with Crippen LogP contribution in [0.15, 0.2) is 30.7 Å². The van der Waals surface area contributed by atoms with E-state index in [1.165, 1.54) is 0 Å². The number of H-pyrrole nitrogens is 1. The highest BCUT2D eigenvalue weighted by atomic mass is 16.2. The van der Waals surface area contributed by atoms with Crippen LogP contribution in [0.2, 0.25) is 0 Å². The maximum Gasteiger partial charge on any atom is 0.234 e. The standard InChI is InChI=1S/C21H22N6O/c1-3-5-18(28)27-11-4-6-15(13-27)26-19-16-8-10-22-20(16)24-12-17(19)21-23-9-7-14(2)25-21/h1,7-10,12,15H,4-6,11,13H2,2H3,(H2,22,24,26)/t15-/m1/s1. The van der Waals surface area contributed by atoms with Crippen molar-refractivity contribution in [3.05, 3.63) is 36.4 Å². The number of carbonyl (C=O) groups excluding carboxylic acids is 1. The van der Waals surface area contributed by atoms with Gasteiger partial charge in [-0.15, -0.1) is 6.42 Å². The number of nitrogens with zero attached hydrogens (tertiary/aromatic N) is 4. The highest BCUT2D eigenvalue weighted by Gasteiger charge is 2.25. The van der Waals surface area contributed by atoms with Gasteiger partial charge in [0.2, 0.25) is 5.91 Å². The van der Waals surface area contributed by atoms with Crippen LogP contribution in [0.5, 0.6) is 0 Å². The van der Waals surface area contributed by atoms with E-state index in [-0.39, 0.29) is 18.4 Å². The summed E-state index contributed by atoms with van der Waals surface area (Å²) in [5, 5.41) is 4.62. The summed E-state index contributed by atoms with van der Waals surface area (Å²) in [4.78, 5) is 30.7. The number of aromatic nitrogens is 4. The molecule has 7 nitrogen and oxygen atoms in total. The van der Waals surface area contributed by atoms with Crippen molar-refractivity contribution in [1.29, 1.82) is 0 Å². The molecule has 1 saturated heterocycles. The van der Waals surface area contributed by atoms with E-state index in [2.05, 4.69) is 31.2 Å². The molecule has 1 atom stereocenters. The molecule has 4 rings (SSSR count). The van der Waals surface area contributed by atoms with Crippen LogP contribution in [0, 0.1) is 19.3 Å². The van der Waals surface area contributed by atoms with Crippen molar-refractivity contribution < 1.29 is 4.79 Å². The molecular formula is C21H22N6O. The molecule has 0 radical (unpaired) electrons. The molecule has 2 N–H and O–H groups in total. The van der Waals surface area contributed by atoms with E-state index in [4.69, 9.17) is 6.42 Å². The topological polar surface area (TPSA) is 86.8 Å². The van der Waals surface area contributed by atoms with Crippen LogP contribution in [0.4, 0.5) is 5.69 Å². The van der Waals surface area contributed by atoms with Crippen LogP contribution < -0.4 is 5.32 Å². The zero-order chi connectivity index (χ0) is 19.5. The number of pyridine rings is 1. The maximum atomic E-state index is 12.2. The number of aromatic amines is 1. The molecule has 3 aromatic heterocycles. The number of anilines is 1. The van der Waals surface area contributed by atoms with Crippen molar-refractivity contribution in [2.75, 3.05) is 18.4 Å². The summed E-state index contributed by atoms with van der Waals surface area (Å²) in [5.41, 5.74) is 3.49. The normalized spacial score (nSPS) is 16.7. The van der Waals surface area contributed by atoms with Crippen LogP contribution >= 0.6 is 0 Å². The van der Waals surface area contributed by atoms with Crippen LogP contribution in [0.3, 0.4) is 0 Å². The lowest BCUT2D eigenvalue weighted by Gasteiger charge is -2.34. The molecule has 1 aliphatic rings. The Labute approximate surface area is 163 Å². The van der Waals surface area contributed by atoms with Crippen molar-refractivity contribution in [2.24, 2.45) is 0 Å². The van der Waals surface area contributed by atoms with Gasteiger partial charge in [-0.3, -0.25) is 4.79 Å². The Hall–Kier alpha value is -3.40. The Morgan fingerprint density at radius 3 is 3.14 bits per heavy atom. The molecule has 28 heavy (non-hydrogen) atoms. The lowest BCUT2D eigenvalue weighted by atomic mass is 10.0. The first-order valence-electron chi connectivity index (χ1n) is 9.39. The second-order valence-corrected chi connectivity index (χ2v) is 7.01. The SMILES string of the molecule is C#CCC(=O)N1CCC[C@@H](Nc2c(-c3nccc(C)n3)cnc3[nH]ccc23)C1. The number of hydrogen-bond donors (Lipinski definition) is 2. The molecule has 3 aromatic rings. The number of aryl methyl sites for hydroxylation is 1. The van der Waals surface area contributed by atoms with E-state index in [0.717, 1.165) is 47.4 Å². The molecule has 0 unspecified atom stereocenters. The summed E-state index contributed by atoms with van der Waals surface area (Å²) < 4.78 is 0. The molecular weight excluding hydrogens is 352 g/mol. The van der Waals surface area contributed by atoms with Crippen LogP contribution in [-0.2, 0) is 4.79 Å². The first kappa shape index (κ1) is 18.0. The Balaban J connectivity index is 1.68. The molecule has 1 fully saturated rings. The molecule has 1 aliphatic heterocycles. The molecule has 0 spiro atoms. The first-order chi connectivity index (χ1) is 13.7. The van der Waals surface area contributed by atoms with Gasteiger partial charge in [0.15, 0.2) is 5.82 Å². The van der Waals surface area contributed by atoms with Crippen molar-refractivity contribution >= 4 is 22.6 Å². The predicted octanol–water partition coefficient (Wildman–Crippen LogP) is 2.75. The predicted molar refractivity (Wildman–Crippen MR) is 109 cm³/mol. The minimum absolute atomic E-state index is 0.0118. The molecule has 0 aromatic carbocycles. The number of piperidine rings is 1. The van der Waals surface area contributed by atoms with Gasteiger partial charge in [0.1, 0.15) is 5.65 Å². The van der Waals surface area contributed by atoms with Gasteiger partial charge in [-0.05, 0) is 31.9 Å². The molecule has 142 valence electrons. The van der Waals surface area contributed by atoms with Crippen molar-refractivity contribution in [2.45, 2.75) is 32.2 Å². The Bertz CT molecular complexity index is 1050. The monoisotopic (exact) mass is 374 g/mol. The summed E-state index contributed by atoms with van der Waals surface area (Å²) in [6.45, 7) is 3.32. The largest absolute Gasteiger partial charge is 0.379 e. The number of nitrogens with one attached hydrogen (secondary N) is 2. The Morgan fingerprint density at radius 1 is 1.43 bits per heavy atom. The number of carbonyl (C=O) groups is 1. The third-order valence-corrected chi connectivity index (χ3v) is 5.00. The summed E-state index contributed by atoms with van der Waals surface area (Å²) in [7, 11) is 0. The van der Waals surface area contributed by atoms with Crippen LogP contribution in [-0.4, -0.2) is 49.9 Å². The number of likely N-dealkylation sites (tertiary alicyclic amines) is 1. The highest BCUT2D eigenvalue weighted by Crippen LogP contribution is 2.33. The fourth-order valence-electron chi connectivity index (χ4n) is 3.64. The van der Waals surface area contributed by atoms with E-state index in [0.29, 0.717) is 12.4 Å². The lowest BCUT2D eigenvalue weighted by Crippen LogP contribution is -2.45. The average Bonchev–Trinajstić information content (AvgIpc) is 3.18. The Morgan fingerprint density at radius 2 is 2.32 bits per heavy atom. The minimum Gasteiger partial charge on any atom is -0.379 e. The van der Waals surface area contributed by atoms with Crippen molar-refractivity contribution in [1.82, 2.24) is 24.8 Å². The zero-order valence-corrected chi connectivity index (χ0v) is 15.8. The number of fused-ring (bicyclic) bond motifs is 1. The van der Waals surface area contributed by atoms with Gasteiger partial charge in [0, 0.05) is 48.8 Å². The van der Waals surface area contributed by atoms with Crippen LogP contribution in [0.25, 0.3) is 22.4 Å². The molecule has 0 aliphatic carbocycles. The summed E-state index contributed by atoms with van der Waals surface area (Å²) >= 11 is 0. The highest BCUT2D eigenvalue weighted by molar-refractivity contribution is 5.97. The quantitative estimate of drug-likeness (QED) is 0.686.